The second-order valence-corrected chi connectivity index (χ2v) is 6.98. The van der Waals surface area contributed by atoms with E-state index >= 15 is 0 Å². The van der Waals surface area contributed by atoms with Crippen molar-refractivity contribution >= 4 is 11.8 Å². The number of hydrogen-bond donors (Lipinski definition) is 2. The lowest BCUT2D eigenvalue weighted by Crippen LogP contribution is -2.07. The van der Waals surface area contributed by atoms with E-state index in [4.69, 9.17) is 10.2 Å². The molecule has 2 N–H and O–H groups in total. The van der Waals surface area contributed by atoms with Crippen LogP contribution in [0.1, 0.15) is 52.3 Å². The Labute approximate surface area is 210 Å². The Bertz CT molecular complexity index is 1080. The molecule has 3 rings (SSSR count). The van der Waals surface area contributed by atoms with Crippen molar-refractivity contribution in [2.75, 3.05) is 5.32 Å². The second-order valence-electron chi connectivity index (χ2n) is 6.98. The van der Waals surface area contributed by atoms with Gasteiger partial charge in [0.1, 0.15) is 5.82 Å². The van der Waals surface area contributed by atoms with Crippen molar-refractivity contribution in [1.82, 2.24) is 14.8 Å². The topological polar surface area (TPSA) is 80.0 Å². The number of carboxylic acid groups (broad SMARTS) is 1. The van der Waals surface area contributed by atoms with Gasteiger partial charge in [-0.1, -0.05) is 52.0 Å². The minimum atomic E-state index is -1.00. The normalized spacial score (nSPS) is 9.83. The van der Waals surface area contributed by atoms with Crippen LogP contribution in [0.2, 0.25) is 0 Å². The van der Waals surface area contributed by atoms with E-state index < -0.39 is 5.97 Å². The first-order valence-electron chi connectivity index (χ1n) is 11.8. The molecule has 35 heavy (non-hydrogen) atoms. The van der Waals surface area contributed by atoms with Crippen molar-refractivity contribution in [3.8, 4) is 16.9 Å². The van der Waals surface area contributed by atoms with E-state index in [0.717, 1.165) is 41.6 Å². The summed E-state index contributed by atoms with van der Waals surface area (Å²) in [5.41, 5.74) is 5.23. The lowest BCUT2D eigenvalue weighted by atomic mass is 10.1. The molecule has 0 spiro atoms. The number of nitrogens with one attached hydrogen (secondary N) is 1. The van der Waals surface area contributed by atoms with Crippen LogP contribution in [0.4, 0.5) is 5.82 Å². The van der Waals surface area contributed by atoms with Crippen LogP contribution in [0.15, 0.2) is 86.2 Å². The van der Waals surface area contributed by atoms with Gasteiger partial charge in [-0.05, 0) is 50.5 Å². The Hall–Kier alpha value is -3.93. The molecule has 6 nitrogen and oxygen atoms in total. The van der Waals surface area contributed by atoms with Gasteiger partial charge in [0.2, 0.25) is 0 Å². The molecule has 188 valence electrons. The molecule has 6 heteroatoms. The molecule has 2 heterocycles. The number of hydrogen-bond acceptors (Lipinski definition) is 4. The van der Waals surface area contributed by atoms with Gasteiger partial charge in [0.05, 0.1) is 17.1 Å². The molecule has 3 aromatic rings. The van der Waals surface area contributed by atoms with Gasteiger partial charge in [-0.3, -0.25) is 4.98 Å². The summed E-state index contributed by atoms with van der Waals surface area (Å²) in [5.74, 6) is -0.322. The molecule has 0 fully saturated rings. The number of carboxylic acids is 1. The number of carbonyl (C=O) groups is 1. The molecule has 0 saturated carbocycles. The van der Waals surface area contributed by atoms with Crippen LogP contribution in [0.5, 0.6) is 0 Å². The summed E-state index contributed by atoms with van der Waals surface area (Å²) in [6.45, 7) is 21.3. The van der Waals surface area contributed by atoms with Crippen molar-refractivity contribution in [3.05, 3.63) is 97.5 Å². The standard InChI is InChI=1S/C21H22N4O2.C4H8.C2H6.C2H4/c1-4-16-7-5-8-17(12-16)18-13-20(23-14(2)11-21(26)27)25(24-18)19-9-6-10-22-15(19)3;1-3-4-2;2*1-2/h5-13,23H,4H2,1-3H3,(H,26,27);3H,1,4H2,2H3;1-2H3;1-2H2/b14-11-;;;. The second kappa shape index (κ2) is 17.5. The predicted molar refractivity (Wildman–Crippen MR) is 149 cm³/mol. The summed E-state index contributed by atoms with van der Waals surface area (Å²) in [4.78, 5) is 15.3. The number of anilines is 1. The maximum atomic E-state index is 11.0. The van der Waals surface area contributed by atoms with Gasteiger partial charge in [0.15, 0.2) is 0 Å². The number of aryl methyl sites for hydroxylation is 2. The number of aromatic nitrogens is 3. The molecular weight excluding hydrogens is 436 g/mol. The highest BCUT2D eigenvalue weighted by molar-refractivity contribution is 5.81. The van der Waals surface area contributed by atoms with Crippen molar-refractivity contribution in [3.63, 3.8) is 0 Å². The largest absolute Gasteiger partial charge is 0.478 e. The number of allylic oxidation sites excluding steroid dienone is 2. The van der Waals surface area contributed by atoms with Crippen LogP contribution >= 0.6 is 0 Å². The first-order valence-corrected chi connectivity index (χ1v) is 11.8. The SMILES string of the molecule is C=C.C=CCC.CC.CCc1cccc(-c2cc(N/C(C)=C\C(=O)O)n(-c3cccnc3C)n2)c1. The van der Waals surface area contributed by atoms with E-state index in [1.54, 1.807) is 17.8 Å². The fourth-order valence-corrected chi connectivity index (χ4v) is 2.87. The third-order valence-electron chi connectivity index (χ3n) is 4.50. The highest BCUT2D eigenvalue weighted by atomic mass is 16.4. The molecule has 0 aliphatic rings. The molecule has 0 atom stereocenters. The zero-order valence-corrected chi connectivity index (χ0v) is 22.0. The summed E-state index contributed by atoms with van der Waals surface area (Å²) in [5, 5.41) is 16.9. The van der Waals surface area contributed by atoms with Crippen molar-refractivity contribution in [1.29, 1.82) is 0 Å². The van der Waals surface area contributed by atoms with E-state index in [9.17, 15) is 4.79 Å². The van der Waals surface area contributed by atoms with E-state index in [0.29, 0.717) is 11.5 Å². The van der Waals surface area contributed by atoms with E-state index in [-0.39, 0.29) is 0 Å². The maximum Gasteiger partial charge on any atom is 0.330 e. The van der Waals surface area contributed by atoms with Gasteiger partial charge in [-0.25, -0.2) is 9.48 Å². The Morgan fingerprint density at radius 2 is 1.80 bits per heavy atom. The Balaban J connectivity index is 0.00000129. The number of pyridine rings is 1. The van der Waals surface area contributed by atoms with Gasteiger partial charge < -0.3 is 10.4 Å². The van der Waals surface area contributed by atoms with Crippen LogP contribution in [0.25, 0.3) is 16.9 Å². The summed E-state index contributed by atoms with van der Waals surface area (Å²) in [6, 6.07) is 13.9. The number of aliphatic carboxylic acids is 1. The van der Waals surface area contributed by atoms with E-state index in [2.05, 4.69) is 56.0 Å². The van der Waals surface area contributed by atoms with Gasteiger partial charge >= 0.3 is 5.97 Å². The number of benzene rings is 1. The molecule has 0 amide bonds. The highest BCUT2D eigenvalue weighted by Crippen LogP contribution is 2.27. The third-order valence-corrected chi connectivity index (χ3v) is 4.50. The van der Waals surface area contributed by atoms with Gasteiger partial charge in [0, 0.05) is 29.6 Å². The van der Waals surface area contributed by atoms with Crippen LogP contribution in [-0.4, -0.2) is 25.8 Å². The molecule has 0 radical (unpaired) electrons. The Morgan fingerprint density at radius 3 is 2.34 bits per heavy atom. The predicted octanol–water partition coefficient (Wildman–Crippen LogP) is 7.62. The lowest BCUT2D eigenvalue weighted by Gasteiger charge is -2.11. The molecule has 2 aromatic heterocycles. The summed E-state index contributed by atoms with van der Waals surface area (Å²) in [7, 11) is 0. The fraction of sp³-hybridized carbons (Fsp3) is 0.276. The van der Waals surface area contributed by atoms with Gasteiger partial charge in [-0.15, -0.1) is 19.7 Å². The molecular formula is C29H40N4O2. The third kappa shape index (κ3) is 10.3. The van der Waals surface area contributed by atoms with Gasteiger partial charge in [-0.2, -0.15) is 5.10 Å². The minimum Gasteiger partial charge on any atom is -0.478 e. The van der Waals surface area contributed by atoms with E-state index in [1.807, 2.05) is 57.2 Å². The monoisotopic (exact) mass is 476 g/mol. The Morgan fingerprint density at radius 1 is 1.14 bits per heavy atom. The Kier molecular flexibility index (Phi) is 15.6. The molecule has 0 aliphatic heterocycles. The molecule has 0 saturated heterocycles. The zero-order valence-electron chi connectivity index (χ0n) is 22.0. The smallest absolute Gasteiger partial charge is 0.330 e. The first-order chi connectivity index (χ1) is 16.9. The van der Waals surface area contributed by atoms with Crippen LogP contribution in [-0.2, 0) is 11.2 Å². The van der Waals surface area contributed by atoms with Crippen molar-refractivity contribution in [2.45, 2.75) is 54.4 Å². The molecule has 0 bridgehead atoms. The maximum absolute atomic E-state index is 11.0. The minimum absolute atomic E-state index is 0.513. The quantitative estimate of drug-likeness (QED) is 0.271. The summed E-state index contributed by atoms with van der Waals surface area (Å²) < 4.78 is 1.76. The van der Waals surface area contributed by atoms with Crippen LogP contribution in [0.3, 0.4) is 0 Å². The number of rotatable bonds is 7. The van der Waals surface area contributed by atoms with Gasteiger partial charge in [0.25, 0.3) is 0 Å². The molecule has 1 aromatic carbocycles. The van der Waals surface area contributed by atoms with E-state index in [1.165, 1.54) is 5.56 Å². The van der Waals surface area contributed by atoms with Crippen molar-refractivity contribution < 1.29 is 9.90 Å². The average molecular weight is 477 g/mol. The zero-order chi connectivity index (χ0) is 26.8. The highest BCUT2D eigenvalue weighted by Gasteiger charge is 2.14. The molecule has 0 aliphatic carbocycles. The van der Waals surface area contributed by atoms with Crippen LogP contribution < -0.4 is 5.32 Å². The average Bonchev–Trinajstić information content (AvgIpc) is 3.29. The lowest BCUT2D eigenvalue weighted by molar-refractivity contribution is -0.131. The number of nitrogens with zero attached hydrogens (tertiary/aromatic N) is 3. The fourth-order valence-electron chi connectivity index (χ4n) is 2.87. The molecule has 0 unspecified atom stereocenters. The van der Waals surface area contributed by atoms with Crippen molar-refractivity contribution in [2.24, 2.45) is 0 Å². The summed E-state index contributed by atoms with van der Waals surface area (Å²) >= 11 is 0. The van der Waals surface area contributed by atoms with Crippen LogP contribution in [0, 0.1) is 6.92 Å². The first kappa shape index (κ1) is 31.1. The summed E-state index contributed by atoms with van der Waals surface area (Å²) in [6.07, 6.45) is 6.77.